The minimum Gasteiger partial charge on any atom is -0.496 e. The number of hydrogen-bond acceptors (Lipinski definition) is 8. The SMILES string of the molecule is CCCCOc1nc(N)c2n[nH]c(Cc3ccc(CN4CC[C@H](N)C4)cc3OC)c2n1. The first-order chi connectivity index (χ1) is 15.1. The lowest BCUT2D eigenvalue weighted by atomic mass is 10.0. The van der Waals surface area contributed by atoms with Crippen LogP contribution in [0.4, 0.5) is 5.82 Å². The van der Waals surface area contributed by atoms with E-state index in [1.54, 1.807) is 7.11 Å². The van der Waals surface area contributed by atoms with Crippen LogP contribution in [0.15, 0.2) is 18.2 Å². The third-order valence-electron chi connectivity index (χ3n) is 5.64. The van der Waals surface area contributed by atoms with Crippen LogP contribution in [0.1, 0.15) is 43.0 Å². The molecule has 0 saturated carbocycles. The second-order valence-corrected chi connectivity index (χ2v) is 8.10. The van der Waals surface area contributed by atoms with Crippen LogP contribution in [0.3, 0.4) is 0 Å². The van der Waals surface area contributed by atoms with Crippen LogP contribution in [0.25, 0.3) is 11.0 Å². The minimum absolute atomic E-state index is 0.278. The van der Waals surface area contributed by atoms with Gasteiger partial charge in [0.25, 0.3) is 0 Å². The van der Waals surface area contributed by atoms with Crippen LogP contribution in [-0.2, 0) is 13.0 Å². The van der Waals surface area contributed by atoms with E-state index in [9.17, 15) is 0 Å². The fourth-order valence-electron chi connectivity index (χ4n) is 3.93. The topological polar surface area (TPSA) is 128 Å². The highest BCUT2D eigenvalue weighted by Gasteiger charge is 2.20. The molecule has 3 heterocycles. The molecule has 4 rings (SSSR count). The number of ether oxygens (including phenoxy) is 2. The summed E-state index contributed by atoms with van der Waals surface area (Å²) < 4.78 is 11.3. The Morgan fingerprint density at radius 3 is 2.87 bits per heavy atom. The predicted octanol–water partition coefficient (Wildman–Crippen LogP) is 2.25. The monoisotopic (exact) mass is 425 g/mol. The van der Waals surface area contributed by atoms with Gasteiger partial charge in [0.1, 0.15) is 11.3 Å². The molecule has 2 aromatic heterocycles. The zero-order chi connectivity index (χ0) is 21.8. The first-order valence-electron chi connectivity index (χ1n) is 10.8. The third-order valence-corrected chi connectivity index (χ3v) is 5.64. The molecule has 0 bridgehead atoms. The molecule has 1 fully saturated rings. The molecular weight excluding hydrogens is 394 g/mol. The average molecular weight is 426 g/mol. The number of nitrogens with one attached hydrogen (secondary N) is 1. The Bertz CT molecular complexity index is 1040. The molecule has 1 atom stereocenters. The number of hydrogen-bond donors (Lipinski definition) is 3. The van der Waals surface area contributed by atoms with Gasteiger partial charge in [0.05, 0.1) is 19.4 Å². The molecule has 0 radical (unpaired) electrons. The van der Waals surface area contributed by atoms with Gasteiger partial charge in [-0.2, -0.15) is 15.1 Å². The van der Waals surface area contributed by atoms with E-state index in [0.717, 1.165) is 55.9 Å². The summed E-state index contributed by atoms with van der Waals surface area (Å²) in [4.78, 5) is 11.1. The third kappa shape index (κ3) is 4.88. The van der Waals surface area contributed by atoms with Crippen molar-refractivity contribution in [2.45, 2.75) is 45.2 Å². The van der Waals surface area contributed by atoms with E-state index in [1.165, 1.54) is 5.56 Å². The number of H-pyrrole nitrogens is 1. The van der Waals surface area contributed by atoms with Gasteiger partial charge in [0.15, 0.2) is 11.3 Å². The van der Waals surface area contributed by atoms with Crippen molar-refractivity contribution >= 4 is 16.9 Å². The molecule has 0 amide bonds. The maximum absolute atomic E-state index is 6.08. The Morgan fingerprint density at radius 2 is 2.13 bits per heavy atom. The molecule has 1 aliphatic heterocycles. The van der Waals surface area contributed by atoms with Crippen molar-refractivity contribution in [1.29, 1.82) is 0 Å². The van der Waals surface area contributed by atoms with E-state index < -0.39 is 0 Å². The summed E-state index contributed by atoms with van der Waals surface area (Å²) in [6.45, 7) is 5.52. The van der Waals surface area contributed by atoms with E-state index >= 15 is 0 Å². The van der Waals surface area contributed by atoms with Crippen LogP contribution in [0.2, 0.25) is 0 Å². The maximum Gasteiger partial charge on any atom is 0.319 e. The normalized spacial score (nSPS) is 16.8. The smallest absolute Gasteiger partial charge is 0.319 e. The number of anilines is 1. The minimum atomic E-state index is 0.278. The van der Waals surface area contributed by atoms with Crippen LogP contribution in [0.5, 0.6) is 11.8 Å². The molecule has 31 heavy (non-hydrogen) atoms. The fourth-order valence-corrected chi connectivity index (χ4v) is 3.93. The molecule has 9 nitrogen and oxygen atoms in total. The van der Waals surface area contributed by atoms with Crippen LogP contribution in [-0.4, -0.2) is 57.9 Å². The largest absolute Gasteiger partial charge is 0.496 e. The van der Waals surface area contributed by atoms with E-state index in [0.29, 0.717) is 29.9 Å². The number of nitrogen functional groups attached to an aromatic ring is 1. The van der Waals surface area contributed by atoms with E-state index in [4.69, 9.17) is 20.9 Å². The summed E-state index contributed by atoms with van der Waals surface area (Å²) in [5.41, 5.74) is 16.4. The number of aromatic nitrogens is 4. The molecule has 1 saturated heterocycles. The number of rotatable bonds is 9. The predicted molar refractivity (Wildman–Crippen MR) is 120 cm³/mol. The Hall–Kier alpha value is -2.91. The van der Waals surface area contributed by atoms with Gasteiger partial charge in [-0.05, 0) is 24.5 Å². The highest BCUT2D eigenvalue weighted by Crippen LogP contribution is 2.28. The van der Waals surface area contributed by atoms with Gasteiger partial charge in [-0.25, -0.2) is 0 Å². The number of nitrogens with zero attached hydrogens (tertiary/aromatic N) is 4. The fraction of sp³-hybridized carbons (Fsp3) is 0.500. The van der Waals surface area contributed by atoms with E-state index in [1.807, 2.05) is 0 Å². The molecule has 0 unspecified atom stereocenters. The average Bonchev–Trinajstić information content (AvgIpc) is 3.35. The van der Waals surface area contributed by atoms with Crippen LogP contribution in [0, 0.1) is 0 Å². The molecule has 166 valence electrons. The summed E-state index contributed by atoms with van der Waals surface area (Å²) in [6.07, 6.45) is 3.61. The van der Waals surface area contributed by atoms with Crippen molar-refractivity contribution in [1.82, 2.24) is 25.1 Å². The summed E-state index contributed by atoms with van der Waals surface area (Å²) in [7, 11) is 1.69. The standard InChI is InChI=1S/C22H31N7O2/c1-3-4-9-31-22-25-19-17(27-28-20(19)21(24)26-22)11-15-6-5-14(10-18(15)30-2)12-29-8-7-16(23)13-29/h5-6,10,16H,3-4,7-9,11-13,23H2,1-2H3,(H,27,28)(H2,24,25,26)/t16-/m0/s1. The van der Waals surface area contributed by atoms with E-state index in [2.05, 4.69) is 50.2 Å². The number of fused-ring (bicyclic) bond motifs is 1. The summed E-state index contributed by atoms with van der Waals surface area (Å²) >= 11 is 0. The van der Waals surface area contributed by atoms with Crippen molar-refractivity contribution < 1.29 is 9.47 Å². The zero-order valence-corrected chi connectivity index (χ0v) is 18.2. The number of benzene rings is 1. The van der Waals surface area contributed by atoms with Gasteiger partial charge in [-0.1, -0.05) is 25.5 Å². The van der Waals surface area contributed by atoms with Crippen molar-refractivity contribution in [2.75, 3.05) is 32.5 Å². The Balaban J connectivity index is 1.55. The number of aromatic amines is 1. The molecule has 1 aromatic carbocycles. The van der Waals surface area contributed by atoms with Crippen molar-refractivity contribution in [3.8, 4) is 11.8 Å². The van der Waals surface area contributed by atoms with Gasteiger partial charge in [0, 0.05) is 37.7 Å². The van der Waals surface area contributed by atoms with Gasteiger partial charge in [-0.3, -0.25) is 10.00 Å². The lowest BCUT2D eigenvalue weighted by molar-refractivity contribution is 0.287. The van der Waals surface area contributed by atoms with Crippen LogP contribution < -0.4 is 20.9 Å². The van der Waals surface area contributed by atoms with Crippen LogP contribution >= 0.6 is 0 Å². The summed E-state index contributed by atoms with van der Waals surface area (Å²) in [5, 5.41) is 7.37. The number of likely N-dealkylation sites (tertiary alicyclic amines) is 1. The molecule has 5 N–H and O–H groups in total. The van der Waals surface area contributed by atoms with Gasteiger partial charge in [-0.15, -0.1) is 0 Å². The first kappa shape index (κ1) is 21.3. The Morgan fingerprint density at radius 1 is 1.26 bits per heavy atom. The number of unbranched alkanes of at least 4 members (excludes halogenated alkanes) is 1. The number of nitrogens with two attached hydrogens (primary N) is 2. The zero-order valence-electron chi connectivity index (χ0n) is 18.2. The first-order valence-corrected chi connectivity index (χ1v) is 10.8. The van der Waals surface area contributed by atoms with E-state index in [-0.39, 0.29) is 12.1 Å². The van der Waals surface area contributed by atoms with Crippen molar-refractivity contribution in [2.24, 2.45) is 5.73 Å². The number of methoxy groups -OCH3 is 1. The molecule has 0 spiro atoms. The molecular formula is C22H31N7O2. The maximum atomic E-state index is 6.08. The lowest BCUT2D eigenvalue weighted by Crippen LogP contribution is -2.26. The lowest BCUT2D eigenvalue weighted by Gasteiger charge is -2.17. The second-order valence-electron chi connectivity index (χ2n) is 8.10. The quantitative estimate of drug-likeness (QED) is 0.445. The second kappa shape index (κ2) is 9.49. The Labute approximate surface area is 182 Å². The summed E-state index contributed by atoms with van der Waals surface area (Å²) in [6, 6.07) is 6.90. The molecule has 3 aromatic rings. The van der Waals surface area contributed by atoms with Crippen molar-refractivity contribution in [3.63, 3.8) is 0 Å². The van der Waals surface area contributed by atoms with Gasteiger partial charge >= 0.3 is 6.01 Å². The summed E-state index contributed by atoms with van der Waals surface area (Å²) in [5.74, 6) is 1.15. The van der Waals surface area contributed by atoms with Crippen molar-refractivity contribution in [3.05, 3.63) is 35.0 Å². The molecule has 1 aliphatic rings. The van der Waals surface area contributed by atoms with Gasteiger partial charge in [0.2, 0.25) is 0 Å². The highest BCUT2D eigenvalue weighted by atomic mass is 16.5. The Kier molecular flexibility index (Phi) is 6.53. The molecule has 9 heteroatoms. The highest BCUT2D eigenvalue weighted by molar-refractivity contribution is 5.86. The van der Waals surface area contributed by atoms with Gasteiger partial charge < -0.3 is 20.9 Å². The molecule has 0 aliphatic carbocycles.